The molecule has 0 bridgehead atoms. The zero-order chi connectivity index (χ0) is 32.8. The van der Waals surface area contributed by atoms with Crippen molar-refractivity contribution in [2.45, 2.75) is 37.9 Å². The van der Waals surface area contributed by atoms with Gasteiger partial charge in [-0.2, -0.15) is 0 Å². The molecule has 3 aromatic rings. The average Bonchev–Trinajstić information content (AvgIpc) is 3.02. The van der Waals surface area contributed by atoms with E-state index in [1.807, 2.05) is 36.4 Å². The second-order valence-corrected chi connectivity index (χ2v) is 11.6. The van der Waals surface area contributed by atoms with Crippen LogP contribution in [0.2, 0.25) is 0 Å². The molecule has 0 aromatic heterocycles. The van der Waals surface area contributed by atoms with Crippen LogP contribution in [0.4, 0.5) is 0 Å². The molecule has 2 atom stereocenters. The molecular weight excluding hydrogens is 592 g/mol. The molecule has 45 heavy (non-hydrogen) atoms. The number of carbonyl (C=O) groups is 2. The van der Waals surface area contributed by atoms with Crippen LogP contribution in [-0.4, -0.2) is 69.5 Å². The summed E-state index contributed by atoms with van der Waals surface area (Å²) in [7, 11) is 0. The van der Waals surface area contributed by atoms with Crippen molar-refractivity contribution in [1.82, 2.24) is 0 Å². The quantitative estimate of drug-likeness (QED) is 0.0319. The first-order chi connectivity index (χ1) is 21.7. The van der Waals surface area contributed by atoms with E-state index < -0.39 is 24.1 Å². The lowest BCUT2D eigenvalue weighted by atomic mass is 10.0. The Labute approximate surface area is 269 Å². The van der Waals surface area contributed by atoms with Gasteiger partial charge >= 0.3 is 11.9 Å². The minimum absolute atomic E-state index is 0.0418. The Morgan fingerprint density at radius 2 is 1.20 bits per heavy atom. The Balaban J connectivity index is 2.05. The summed E-state index contributed by atoms with van der Waals surface area (Å²) in [5.41, 5.74) is 0.564. The fourth-order valence-corrected chi connectivity index (χ4v) is 5.00. The van der Waals surface area contributed by atoms with E-state index in [0.29, 0.717) is 24.7 Å². The van der Waals surface area contributed by atoms with Gasteiger partial charge in [0, 0.05) is 37.6 Å². The van der Waals surface area contributed by atoms with E-state index in [-0.39, 0.29) is 37.6 Å². The average molecular weight is 635 g/mol. The van der Waals surface area contributed by atoms with Crippen molar-refractivity contribution < 1.29 is 38.0 Å². The first kappa shape index (κ1) is 35.4. The van der Waals surface area contributed by atoms with Gasteiger partial charge in [-0.05, 0) is 37.8 Å². The number of carbonyl (C=O) groups excluding carboxylic acids is 2. The highest BCUT2D eigenvalue weighted by atomic mass is 32.2. The maximum Gasteiger partial charge on any atom is 0.333 e. The Morgan fingerprint density at radius 3 is 1.64 bits per heavy atom. The number of benzene rings is 3. The fourth-order valence-electron chi connectivity index (χ4n) is 4.30. The number of fused-ring (bicyclic) bond motifs is 2. The molecule has 0 aliphatic carbocycles. The molecule has 0 aliphatic heterocycles. The maximum absolute atomic E-state index is 12.4. The van der Waals surface area contributed by atoms with E-state index in [0.717, 1.165) is 32.2 Å². The summed E-state index contributed by atoms with van der Waals surface area (Å²) in [4.78, 5) is 25.8. The van der Waals surface area contributed by atoms with Gasteiger partial charge in [0.1, 0.15) is 24.7 Å². The number of thioether (sulfide) groups is 1. The van der Waals surface area contributed by atoms with Crippen LogP contribution in [0, 0.1) is 0 Å². The lowest BCUT2D eigenvalue weighted by Gasteiger charge is -2.23. The first-order valence-electron chi connectivity index (χ1n) is 14.7. The molecule has 0 spiro atoms. The zero-order valence-electron chi connectivity index (χ0n) is 26.3. The van der Waals surface area contributed by atoms with Gasteiger partial charge < -0.3 is 28.4 Å². The highest BCUT2D eigenvalue weighted by Gasteiger charge is 2.23. The summed E-state index contributed by atoms with van der Waals surface area (Å²) in [5, 5.41) is 3.22. The van der Waals surface area contributed by atoms with Crippen LogP contribution >= 0.6 is 11.8 Å². The molecule has 0 saturated carbocycles. The normalized spacial score (nSPS) is 12.2. The SMILES string of the molecule is C=CCOCC(COc1c2ccccc2c(OCC(COCC=C)OC(=O)C(=C)C)c2cc(SCC)ccc12)OC(=O)C(=C)C. The predicted octanol–water partition coefficient (Wildman–Crippen LogP) is 7.24. The summed E-state index contributed by atoms with van der Waals surface area (Å²) in [5.74, 6) is 1.07. The topological polar surface area (TPSA) is 89.5 Å². The van der Waals surface area contributed by atoms with Gasteiger partial charge in [-0.1, -0.05) is 56.5 Å². The summed E-state index contributed by atoms with van der Waals surface area (Å²) in [6.45, 7) is 20.9. The standard InChI is InChI=1S/C36H42O8S/c1-8-17-39-20-26(43-35(37)24(4)5)22-41-33-29-13-11-12-14-30(29)34(32-19-28(45-10-3)15-16-31(32)33)42-23-27(21-40-18-9-2)44-36(38)25(6)7/h8-9,11-16,19,26-27H,1-2,4,6,10,17-18,20-23H2,3,5,7H3. The van der Waals surface area contributed by atoms with Gasteiger partial charge in [-0.3, -0.25) is 0 Å². The largest absolute Gasteiger partial charge is 0.488 e. The van der Waals surface area contributed by atoms with E-state index in [9.17, 15) is 9.59 Å². The molecule has 3 aromatic carbocycles. The predicted molar refractivity (Wildman–Crippen MR) is 180 cm³/mol. The van der Waals surface area contributed by atoms with Crippen molar-refractivity contribution >= 4 is 45.2 Å². The molecular formula is C36H42O8S. The van der Waals surface area contributed by atoms with E-state index in [1.165, 1.54) is 0 Å². The summed E-state index contributed by atoms with van der Waals surface area (Å²) in [6.07, 6.45) is 1.88. The maximum atomic E-state index is 12.4. The van der Waals surface area contributed by atoms with E-state index in [4.69, 9.17) is 28.4 Å². The number of ether oxygens (including phenoxy) is 6. The highest BCUT2D eigenvalue weighted by Crippen LogP contribution is 2.44. The van der Waals surface area contributed by atoms with Gasteiger partial charge in [-0.25, -0.2) is 9.59 Å². The van der Waals surface area contributed by atoms with Crippen molar-refractivity contribution in [3.05, 3.63) is 92.1 Å². The zero-order valence-corrected chi connectivity index (χ0v) is 27.1. The molecule has 3 rings (SSSR count). The third-order valence-electron chi connectivity index (χ3n) is 6.36. The molecule has 0 saturated heterocycles. The lowest BCUT2D eigenvalue weighted by molar-refractivity contribution is -0.149. The first-order valence-corrected chi connectivity index (χ1v) is 15.7. The minimum atomic E-state index is -0.689. The van der Waals surface area contributed by atoms with Gasteiger partial charge in [0.2, 0.25) is 0 Å². The van der Waals surface area contributed by atoms with Gasteiger partial charge in [0.15, 0.2) is 12.2 Å². The molecule has 9 heteroatoms. The Morgan fingerprint density at radius 1 is 0.733 bits per heavy atom. The van der Waals surface area contributed by atoms with Gasteiger partial charge in [0.25, 0.3) is 0 Å². The van der Waals surface area contributed by atoms with Crippen LogP contribution in [0.25, 0.3) is 21.5 Å². The van der Waals surface area contributed by atoms with Crippen LogP contribution in [0.15, 0.2) is 97.0 Å². The van der Waals surface area contributed by atoms with Crippen molar-refractivity contribution in [1.29, 1.82) is 0 Å². The monoisotopic (exact) mass is 634 g/mol. The Bertz CT molecular complexity index is 1530. The second-order valence-electron chi connectivity index (χ2n) is 10.2. The summed E-state index contributed by atoms with van der Waals surface area (Å²) >= 11 is 1.70. The summed E-state index contributed by atoms with van der Waals surface area (Å²) in [6, 6.07) is 13.8. The molecule has 0 fully saturated rings. The molecule has 0 heterocycles. The second kappa shape index (κ2) is 18.0. The van der Waals surface area contributed by atoms with E-state index >= 15 is 0 Å². The highest BCUT2D eigenvalue weighted by molar-refractivity contribution is 7.99. The summed E-state index contributed by atoms with van der Waals surface area (Å²) < 4.78 is 35.4. The van der Waals surface area contributed by atoms with Gasteiger partial charge in [0.05, 0.1) is 26.4 Å². The Hall–Kier alpha value is -4.05. The Kier molecular flexibility index (Phi) is 14.2. The number of rotatable bonds is 20. The van der Waals surface area contributed by atoms with Gasteiger partial charge in [-0.15, -0.1) is 24.9 Å². The number of esters is 2. The van der Waals surface area contributed by atoms with Crippen molar-refractivity contribution in [3.8, 4) is 11.5 Å². The van der Waals surface area contributed by atoms with E-state index in [2.05, 4.69) is 39.3 Å². The molecule has 240 valence electrons. The lowest BCUT2D eigenvalue weighted by Crippen LogP contribution is -2.30. The van der Waals surface area contributed by atoms with E-state index in [1.54, 1.807) is 37.8 Å². The van der Waals surface area contributed by atoms with Crippen molar-refractivity contribution in [2.75, 3.05) is 45.4 Å². The van der Waals surface area contributed by atoms with Crippen LogP contribution < -0.4 is 9.47 Å². The van der Waals surface area contributed by atoms with Crippen molar-refractivity contribution in [3.63, 3.8) is 0 Å². The minimum Gasteiger partial charge on any atom is -0.488 e. The molecule has 8 nitrogen and oxygen atoms in total. The smallest absolute Gasteiger partial charge is 0.333 e. The molecule has 0 radical (unpaired) electrons. The van der Waals surface area contributed by atoms with Crippen LogP contribution in [0.3, 0.4) is 0 Å². The van der Waals surface area contributed by atoms with Crippen LogP contribution in [0.1, 0.15) is 20.8 Å². The van der Waals surface area contributed by atoms with Crippen LogP contribution in [-0.2, 0) is 28.5 Å². The third kappa shape index (κ3) is 10.2. The number of hydrogen-bond donors (Lipinski definition) is 0. The van der Waals surface area contributed by atoms with Crippen molar-refractivity contribution in [2.24, 2.45) is 0 Å². The molecule has 0 aliphatic rings. The fraction of sp³-hybridized carbons (Fsp3) is 0.333. The van der Waals surface area contributed by atoms with Crippen LogP contribution in [0.5, 0.6) is 11.5 Å². The number of hydrogen-bond acceptors (Lipinski definition) is 9. The molecule has 2 unspecified atom stereocenters. The molecule has 0 amide bonds. The molecule has 0 N–H and O–H groups in total. The third-order valence-corrected chi connectivity index (χ3v) is 7.23.